The predicted molar refractivity (Wildman–Crippen MR) is 68.1 cm³/mol. The van der Waals surface area contributed by atoms with Gasteiger partial charge < -0.3 is 5.32 Å². The zero-order chi connectivity index (χ0) is 11.8. The quantitative estimate of drug-likeness (QED) is 0.755. The number of hydrogen-bond acceptors (Lipinski definition) is 1. The van der Waals surface area contributed by atoms with Gasteiger partial charge in [-0.15, -0.1) is 0 Å². The van der Waals surface area contributed by atoms with Gasteiger partial charge in [-0.2, -0.15) is 0 Å². The van der Waals surface area contributed by atoms with Crippen molar-refractivity contribution in [3.63, 3.8) is 0 Å². The minimum atomic E-state index is 0.0440. The highest BCUT2D eigenvalue weighted by Crippen LogP contribution is 2.05. The second kappa shape index (κ2) is 6.83. The van der Waals surface area contributed by atoms with Gasteiger partial charge in [0, 0.05) is 13.5 Å². The van der Waals surface area contributed by atoms with Crippen molar-refractivity contribution in [1.29, 1.82) is 0 Å². The van der Waals surface area contributed by atoms with E-state index in [0.29, 0.717) is 0 Å². The van der Waals surface area contributed by atoms with E-state index in [0.717, 1.165) is 19.4 Å². The zero-order valence-corrected chi connectivity index (χ0v) is 9.99. The fourth-order valence-corrected chi connectivity index (χ4v) is 1.38. The molecule has 0 radical (unpaired) electrons. The molecule has 1 N–H and O–H groups in total. The average Bonchev–Trinajstić information content (AvgIpc) is 2.25. The molecule has 2 heteroatoms. The Labute approximate surface area is 97.4 Å². The number of nitrogens with one attached hydrogen (secondary N) is 1. The summed E-state index contributed by atoms with van der Waals surface area (Å²) in [6.07, 6.45) is 6.25. The molecule has 1 amide bonds. The molecule has 0 aliphatic heterocycles. The number of carbonyl (C=O) groups excluding carboxylic acids is 1. The highest BCUT2D eigenvalue weighted by molar-refractivity contribution is 5.72. The summed E-state index contributed by atoms with van der Waals surface area (Å²) >= 11 is 0. The van der Waals surface area contributed by atoms with Crippen molar-refractivity contribution >= 4 is 12.0 Å². The highest BCUT2D eigenvalue weighted by Gasteiger charge is 1.89. The zero-order valence-electron chi connectivity index (χ0n) is 9.99. The first-order valence-electron chi connectivity index (χ1n) is 5.66. The first kappa shape index (κ1) is 12.5. The molecule has 0 unspecified atom stereocenters. The molecule has 0 spiro atoms. The summed E-state index contributed by atoms with van der Waals surface area (Å²) < 4.78 is 0. The van der Waals surface area contributed by atoms with Crippen molar-refractivity contribution in [3.05, 3.63) is 41.5 Å². The number of benzene rings is 1. The Bertz CT molecular complexity index is 352. The van der Waals surface area contributed by atoms with Crippen LogP contribution in [0.2, 0.25) is 0 Å². The van der Waals surface area contributed by atoms with Crippen LogP contribution in [0.1, 0.15) is 30.9 Å². The van der Waals surface area contributed by atoms with Crippen LogP contribution >= 0.6 is 0 Å². The molecule has 0 atom stereocenters. The molecule has 1 aromatic carbocycles. The average molecular weight is 217 g/mol. The molecule has 0 aliphatic carbocycles. The lowest BCUT2D eigenvalue weighted by Crippen LogP contribution is -2.20. The van der Waals surface area contributed by atoms with Crippen LogP contribution in [0.4, 0.5) is 0 Å². The maximum Gasteiger partial charge on any atom is 0.216 e. The van der Waals surface area contributed by atoms with Gasteiger partial charge in [0.25, 0.3) is 0 Å². The van der Waals surface area contributed by atoms with E-state index in [1.807, 2.05) is 0 Å². The lowest BCUT2D eigenvalue weighted by atomic mass is 10.1. The van der Waals surface area contributed by atoms with Gasteiger partial charge in [-0.05, 0) is 25.3 Å². The molecule has 1 rings (SSSR count). The van der Waals surface area contributed by atoms with E-state index < -0.39 is 0 Å². The summed E-state index contributed by atoms with van der Waals surface area (Å²) in [4.78, 5) is 10.6. The number of amides is 1. The maximum absolute atomic E-state index is 10.6. The van der Waals surface area contributed by atoms with Crippen LogP contribution in [0.3, 0.4) is 0 Å². The van der Waals surface area contributed by atoms with Crippen molar-refractivity contribution in [2.45, 2.75) is 26.7 Å². The fourth-order valence-electron chi connectivity index (χ4n) is 1.38. The van der Waals surface area contributed by atoms with E-state index in [1.54, 1.807) is 6.92 Å². The summed E-state index contributed by atoms with van der Waals surface area (Å²) in [6.45, 7) is 4.39. The molecule has 0 heterocycles. The van der Waals surface area contributed by atoms with Crippen LogP contribution in [0.15, 0.2) is 30.3 Å². The van der Waals surface area contributed by atoms with Crippen LogP contribution in [-0.2, 0) is 4.79 Å². The van der Waals surface area contributed by atoms with Gasteiger partial charge in [0.05, 0.1) is 0 Å². The number of hydrogen-bond donors (Lipinski definition) is 1. The van der Waals surface area contributed by atoms with Crippen molar-refractivity contribution in [2.75, 3.05) is 6.54 Å². The van der Waals surface area contributed by atoms with Crippen molar-refractivity contribution in [2.24, 2.45) is 0 Å². The fraction of sp³-hybridized carbons (Fsp3) is 0.357. The molecule has 0 aromatic heterocycles. The summed E-state index contributed by atoms with van der Waals surface area (Å²) in [7, 11) is 0. The van der Waals surface area contributed by atoms with Crippen molar-refractivity contribution in [3.8, 4) is 0 Å². The van der Waals surface area contributed by atoms with Gasteiger partial charge in [-0.1, -0.05) is 42.0 Å². The summed E-state index contributed by atoms with van der Waals surface area (Å²) in [5.74, 6) is 0.0440. The summed E-state index contributed by atoms with van der Waals surface area (Å²) in [5.41, 5.74) is 2.51. The van der Waals surface area contributed by atoms with E-state index in [1.165, 1.54) is 11.1 Å². The normalized spacial score (nSPS) is 10.6. The first-order valence-corrected chi connectivity index (χ1v) is 5.66. The van der Waals surface area contributed by atoms with E-state index in [2.05, 4.69) is 48.7 Å². The molecule has 2 nitrogen and oxygen atoms in total. The molecule has 0 saturated carbocycles. The maximum atomic E-state index is 10.6. The van der Waals surface area contributed by atoms with Gasteiger partial charge in [0.1, 0.15) is 0 Å². The second-order valence-corrected chi connectivity index (χ2v) is 3.94. The van der Waals surface area contributed by atoms with Gasteiger partial charge in [-0.25, -0.2) is 0 Å². The number of allylic oxidation sites excluding steroid dienone is 1. The SMILES string of the molecule is CC(=O)NCCC/C=C\c1ccc(C)cc1. The monoisotopic (exact) mass is 217 g/mol. The predicted octanol–water partition coefficient (Wildman–Crippen LogP) is 2.92. The molecular weight excluding hydrogens is 198 g/mol. The minimum Gasteiger partial charge on any atom is -0.356 e. The third-order valence-corrected chi connectivity index (χ3v) is 2.31. The van der Waals surface area contributed by atoms with Crippen LogP contribution in [-0.4, -0.2) is 12.5 Å². The van der Waals surface area contributed by atoms with Gasteiger partial charge in [0.15, 0.2) is 0 Å². The Hall–Kier alpha value is -1.57. The summed E-state index contributed by atoms with van der Waals surface area (Å²) in [5, 5.41) is 2.78. The summed E-state index contributed by atoms with van der Waals surface area (Å²) in [6, 6.07) is 8.44. The van der Waals surface area contributed by atoms with Crippen LogP contribution in [0.5, 0.6) is 0 Å². The van der Waals surface area contributed by atoms with Crippen molar-refractivity contribution < 1.29 is 4.79 Å². The Morgan fingerprint density at radius 3 is 2.62 bits per heavy atom. The largest absolute Gasteiger partial charge is 0.356 e. The molecular formula is C14H19NO. The van der Waals surface area contributed by atoms with Crippen LogP contribution in [0, 0.1) is 6.92 Å². The number of carbonyl (C=O) groups is 1. The van der Waals surface area contributed by atoms with Gasteiger partial charge in [0.2, 0.25) is 5.91 Å². The van der Waals surface area contributed by atoms with Crippen molar-refractivity contribution in [1.82, 2.24) is 5.32 Å². The number of rotatable bonds is 5. The Morgan fingerprint density at radius 2 is 2.00 bits per heavy atom. The molecule has 16 heavy (non-hydrogen) atoms. The molecule has 0 saturated heterocycles. The molecule has 0 aliphatic rings. The van der Waals surface area contributed by atoms with E-state index in [9.17, 15) is 4.79 Å². The standard InChI is InChI=1S/C14H19NO/c1-12-7-9-14(10-8-12)6-4-3-5-11-15-13(2)16/h4,6-10H,3,5,11H2,1-2H3,(H,15,16)/b6-4-. The van der Waals surface area contributed by atoms with Crippen LogP contribution < -0.4 is 5.32 Å². The molecule has 0 fully saturated rings. The third kappa shape index (κ3) is 5.35. The topological polar surface area (TPSA) is 29.1 Å². The van der Waals surface area contributed by atoms with Gasteiger partial charge in [-0.3, -0.25) is 4.79 Å². The van der Waals surface area contributed by atoms with E-state index >= 15 is 0 Å². The second-order valence-electron chi connectivity index (χ2n) is 3.94. The number of unbranched alkanes of at least 4 members (excludes halogenated alkanes) is 1. The Kier molecular flexibility index (Phi) is 5.34. The van der Waals surface area contributed by atoms with Gasteiger partial charge >= 0.3 is 0 Å². The third-order valence-electron chi connectivity index (χ3n) is 2.31. The molecule has 0 bridgehead atoms. The Balaban J connectivity index is 2.22. The molecule has 1 aromatic rings. The Morgan fingerprint density at radius 1 is 1.31 bits per heavy atom. The minimum absolute atomic E-state index is 0.0440. The first-order chi connectivity index (χ1) is 7.68. The lowest BCUT2D eigenvalue weighted by Gasteiger charge is -1.98. The lowest BCUT2D eigenvalue weighted by molar-refractivity contribution is -0.118. The van der Waals surface area contributed by atoms with Crippen LogP contribution in [0.25, 0.3) is 6.08 Å². The number of aryl methyl sites for hydroxylation is 1. The smallest absolute Gasteiger partial charge is 0.216 e. The highest BCUT2D eigenvalue weighted by atomic mass is 16.1. The molecule has 86 valence electrons. The van der Waals surface area contributed by atoms with E-state index in [-0.39, 0.29) is 5.91 Å². The van der Waals surface area contributed by atoms with E-state index in [4.69, 9.17) is 0 Å².